The van der Waals surface area contributed by atoms with E-state index in [4.69, 9.17) is 0 Å². The average Bonchev–Trinajstić information content (AvgIpc) is 2.59. The number of benzene rings is 1. The van der Waals surface area contributed by atoms with Gasteiger partial charge in [-0.15, -0.1) is 0 Å². The fraction of sp³-hybridized carbons (Fsp3) is 0.273. The molecule has 2 rings (SSSR count). The Hall–Kier alpha value is -1.14. The number of halogens is 1. The Morgan fingerprint density at radius 3 is 2.53 bits per heavy atom. The standard InChI is InChI=1S/C11H11BrN2O2S/c12-6-7-14-10(15)13(11(16)17-14)8-9-4-2-1-3-5-9/h1-5H,6-8H2. The minimum atomic E-state index is -0.233. The molecule has 6 heteroatoms. The van der Waals surface area contributed by atoms with Gasteiger partial charge in [-0.2, -0.15) is 0 Å². The van der Waals surface area contributed by atoms with Crippen LogP contribution in [0.5, 0.6) is 0 Å². The maximum Gasteiger partial charge on any atom is 0.341 e. The number of alkyl halides is 1. The van der Waals surface area contributed by atoms with Gasteiger partial charge in [-0.25, -0.2) is 13.3 Å². The molecule has 0 aliphatic heterocycles. The van der Waals surface area contributed by atoms with Crippen LogP contribution in [0.2, 0.25) is 0 Å². The van der Waals surface area contributed by atoms with Crippen molar-refractivity contribution in [3.8, 4) is 0 Å². The van der Waals surface area contributed by atoms with Crippen LogP contribution in [-0.2, 0) is 13.1 Å². The minimum absolute atomic E-state index is 0.209. The predicted molar refractivity (Wildman–Crippen MR) is 72.2 cm³/mol. The van der Waals surface area contributed by atoms with Gasteiger partial charge in [0.25, 0.3) is 0 Å². The molecule has 0 atom stereocenters. The Kier molecular flexibility index (Phi) is 3.96. The number of nitrogens with zero attached hydrogens (tertiary/aromatic N) is 2. The Labute approximate surface area is 110 Å². The molecule has 0 bridgehead atoms. The largest absolute Gasteiger partial charge is 0.341 e. The van der Waals surface area contributed by atoms with Gasteiger partial charge in [0.05, 0.1) is 6.54 Å². The highest BCUT2D eigenvalue weighted by Crippen LogP contribution is 2.00. The summed E-state index contributed by atoms with van der Waals surface area (Å²) < 4.78 is 2.74. The predicted octanol–water partition coefficient (Wildman–Crippen LogP) is 1.51. The van der Waals surface area contributed by atoms with Crippen molar-refractivity contribution in [2.75, 3.05) is 5.33 Å². The van der Waals surface area contributed by atoms with Crippen molar-refractivity contribution in [3.63, 3.8) is 0 Å². The highest BCUT2D eigenvalue weighted by molar-refractivity contribution is 9.09. The second-order valence-electron chi connectivity index (χ2n) is 3.50. The van der Waals surface area contributed by atoms with Gasteiger partial charge < -0.3 is 0 Å². The van der Waals surface area contributed by atoms with Gasteiger partial charge in [0, 0.05) is 23.4 Å². The summed E-state index contributed by atoms with van der Waals surface area (Å²) in [5.74, 6) is 0. The number of aryl methyl sites for hydroxylation is 1. The lowest BCUT2D eigenvalue weighted by atomic mass is 10.2. The lowest BCUT2D eigenvalue weighted by Gasteiger charge is -1.99. The van der Waals surface area contributed by atoms with Crippen LogP contribution in [0.1, 0.15) is 5.56 Å². The molecule has 0 unspecified atom stereocenters. The van der Waals surface area contributed by atoms with E-state index in [0.717, 1.165) is 17.1 Å². The normalized spacial score (nSPS) is 10.6. The summed E-state index contributed by atoms with van der Waals surface area (Å²) in [6, 6.07) is 9.49. The zero-order valence-electron chi connectivity index (χ0n) is 9.01. The molecule has 4 nitrogen and oxygen atoms in total. The van der Waals surface area contributed by atoms with Crippen molar-refractivity contribution in [1.82, 2.24) is 8.52 Å². The molecule has 0 aliphatic rings. The molecule has 1 heterocycles. The highest BCUT2D eigenvalue weighted by atomic mass is 79.9. The summed E-state index contributed by atoms with van der Waals surface area (Å²) in [4.78, 5) is 23.4. The molecule has 17 heavy (non-hydrogen) atoms. The van der Waals surface area contributed by atoms with Gasteiger partial charge >= 0.3 is 10.6 Å². The minimum Gasteiger partial charge on any atom is -0.255 e. The summed E-state index contributed by atoms with van der Waals surface area (Å²) in [5.41, 5.74) is 0.721. The van der Waals surface area contributed by atoms with E-state index in [-0.39, 0.29) is 10.6 Å². The molecule has 0 radical (unpaired) electrons. The van der Waals surface area contributed by atoms with E-state index in [9.17, 15) is 9.59 Å². The molecule has 0 spiro atoms. The molecule has 0 amide bonds. The van der Waals surface area contributed by atoms with E-state index in [1.807, 2.05) is 30.3 Å². The third-order valence-electron chi connectivity index (χ3n) is 2.32. The molecular formula is C11H11BrN2O2S. The van der Waals surface area contributed by atoms with Gasteiger partial charge in [0.1, 0.15) is 0 Å². The van der Waals surface area contributed by atoms with Crippen LogP contribution in [0.3, 0.4) is 0 Å². The molecule has 0 N–H and O–H groups in total. The second kappa shape index (κ2) is 5.46. The highest BCUT2D eigenvalue weighted by Gasteiger charge is 2.09. The first-order valence-electron chi connectivity index (χ1n) is 5.13. The van der Waals surface area contributed by atoms with E-state index in [2.05, 4.69) is 15.9 Å². The Morgan fingerprint density at radius 2 is 1.88 bits per heavy atom. The van der Waals surface area contributed by atoms with Gasteiger partial charge in [0.15, 0.2) is 0 Å². The van der Waals surface area contributed by atoms with Gasteiger partial charge in [0.2, 0.25) is 0 Å². The Bertz CT molecular complexity index is 600. The molecule has 1 aromatic heterocycles. The first-order chi connectivity index (χ1) is 8.22. The van der Waals surface area contributed by atoms with Gasteiger partial charge in [-0.1, -0.05) is 46.3 Å². The molecule has 2 aromatic rings. The molecule has 90 valence electrons. The topological polar surface area (TPSA) is 44.0 Å². The summed E-state index contributed by atoms with van der Waals surface area (Å²) >= 11 is 4.22. The van der Waals surface area contributed by atoms with Crippen molar-refractivity contribution >= 4 is 27.5 Å². The third-order valence-corrected chi connectivity index (χ3v) is 3.61. The lowest BCUT2D eigenvalue weighted by Crippen LogP contribution is -2.29. The zero-order valence-corrected chi connectivity index (χ0v) is 11.4. The van der Waals surface area contributed by atoms with Crippen LogP contribution in [0.4, 0.5) is 0 Å². The molecule has 0 fully saturated rings. The Morgan fingerprint density at radius 1 is 1.18 bits per heavy atom. The van der Waals surface area contributed by atoms with Crippen molar-refractivity contribution in [2.24, 2.45) is 0 Å². The van der Waals surface area contributed by atoms with Crippen LogP contribution in [0.25, 0.3) is 0 Å². The number of hydrogen-bond donors (Lipinski definition) is 0. The molecule has 0 saturated heterocycles. The number of aromatic nitrogens is 2. The quantitative estimate of drug-likeness (QED) is 0.803. The molecular weight excluding hydrogens is 304 g/mol. The van der Waals surface area contributed by atoms with Crippen LogP contribution in [0, 0.1) is 0 Å². The maximum absolute atomic E-state index is 11.9. The SMILES string of the molecule is O=c1sn(CCBr)c(=O)n1Cc1ccccc1. The van der Waals surface area contributed by atoms with E-state index in [1.54, 1.807) is 0 Å². The van der Waals surface area contributed by atoms with Crippen molar-refractivity contribution in [2.45, 2.75) is 13.1 Å². The van der Waals surface area contributed by atoms with Crippen LogP contribution >= 0.6 is 27.5 Å². The number of hydrogen-bond acceptors (Lipinski definition) is 3. The summed E-state index contributed by atoms with van der Waals surface area (Å²) in [6.45, 7) is 0.866. The lowest BCUT2D eigenvalue weighted by molar-refractivity contribution is 0.678. The van der Waals surface area contributed by atoms with Crippen LogP contribution in [-0.4, -0.2) is 13.9 Å². The second-order valence-corrected chi connectivity index (χ2v) is 5.27. The van der Waals surface area contributed by atoms with E-state index in [1.165, 1.54) is 8.52 Å². The Balaban J connectivity index is 2.34. The van der Waals surface area contributed by atoms with Crippen LogP contribution in [0.15, 0.2) is 39.9 Å². The summed E-state index contributed by atoms with van der Waals surface area (Å²) in [6.07, 6.45) is 0. The maximum atomic E-state index is 11.9. The smallest absolute Gasteiger partial charge is 0.255 e. The first-order valence-corrected chi connectivity index (χ1v) is 7.02. The molecule has 0 aliphatic carbocycles. The van der Waals surface area contributed by atoms with Gasteiger partial charge in [-0.05, 0) is 5.56 Å². The fourth-order valence-corrected chi connectivity index (χ4v) is 2.89. The molecule has 1 aromatic carbocycles. The van der Waals surface area contributed by atoms with Crippen molar-refractivity contribution in [1.29, 1.82) is 0 Å². The first kappa shape index (κ1) is 12.3. The summed E-state index contributed by atoms with van der Waals surface area (Å²) in [7, 11) is 0. The van der Waals surface area contributed by atoms with Crippen molar-refractivity contribution < 1.29 is 0 Å². The monoisotopic (exact) mass is 314 g/mol. The van der Waals surface area contributed by atoms with E-state index < -0.39 is 0 Å². The van der Waals surface area contributed by atoms with Crippen LogP contribution < -0.4 is 10.6 Å². The third kappa shape index (κ3) is 2.76. The summed E-state index contributed by atoms with van der Waals surface area (Å²) in [5, 5.41) is 0.665. The van der Waals surface area contributed by atoms with E-state index in [0.29, 0.717) is 18.4 Å². The fourth-order valence-electron chi connectivity index (χ4n) is 1.51. The zero-order chi connectivity index (χ0) is 12.3. The van der Waals surface area contributed by atoms with Crippen molar-refractivity contribution in [3.05, 3.63) is 56.0 Å². The average molecular weight is 315 g/mol. The van der Waals surface area contributed by atoms with Gasteiger partial charge in [-0.3, -0.25) is 4.79 Å². The molecule has 0 saturated carbocycles. The van der Waals surface area contributed by atoms with E-state index >= 15 is 0 Å². The number of rotatable bonds is 4.